The number of carbonyl (C=O) groups excluding carboxylic acids is 1. The molecule has 1 aliphatic rings. The summed E-state index contributed by atoms with van der Waals surface area (Å²) in [7, 11) is 1.60. The van der Waals surface area contributed by atoms with Crippen LogP contribution < -0.4 is 10.1 Å². The first-order chi connectivity index (χ1) is 16.5. The van der Waals surface area contributed by atoms with Crippen molar-refractivity contribution < 1.29 is 18.7 Å². The molecule has 3 aromatic rings. The predicted octanol–water partition coefficient (Wildman–Crippen LogP) is 3.54. The third kappa shape index (κ3) is 6.13. The van der Waals surface area contributed by atoms with Gasteiger partial charge in [0.2, 0.25) is 5.91 Å². The summed E-state index contributed by atoms with van der Waals surface area (Å²) >= 11 is 1.35. The fourth-order valence-corrected chi connectivity index (χ4v) is 4.46. The highest BCUT2D eigenvalue weighted by Crippen LogP contribution is 2.28. The topological polar surface area (TPSA) is 81.5 Å². The molecule has 1 saturated heterocycles. The van der Waals surface area contributed by atoms with Crippen LogP contribution in [0.2, 0.25) is 0 Å². The summed E-state index contributed by atoms with van der Waals surface area (Å²) in [6.45, 7) is 6.47. The summed E-state index contributed by atoms with van der Waals surface area (Å²) in [6.07, 6.45) is 0. The highest BCUT2D eigenvalue weighted by atomic mass is 32.2. The van der Waals surface area contributed by atoms with Gasteiger partial charge in [-0.05, 0) is 55.5 Å². The first-order valence-corrected chi connectivity index (χ1v) is 12.0. The Hall–Kier alpha value is -2.95. The van der Waals surface area contributed by atoms with E-state index in [0.717, 1.165) is 44.2 Å². The van der Waals surface area contributed by atoms with Crippen molar-refractivity contribution in [2.24, 2.45) is 0 Å². The van der Waals surface area contributed by atoms with Crippen molar-refractivity contribution in [2.45, 2.75) is 23.9 Å². The number of anilines is 1. The minimum atomic E-state index is -0.408. The van der Waals surface area contributed by atoms with Crippen LogP contribution in [-0.4, -0.2) is 70.8 Å². The van der Waals surface area contributed by atoms with Gasteiger partial charge in [0.1, 0.15) is 11.6 Å². The molecule has 1 N–H and O–H groups in total. The number of nitrogens with zero attached hydrogens (tertiary/aromatic N) is 4. The number of ether oxygens (including phenoxy) is 2. The van der Waals surface area contributed by atoms with Gasteiger partial charge in [0, 0.05) is 37.4 Å². The van der Waals surface area contributed by atoms with Gasteiger partial charge in [0.05, 0.1) is 25.6 Å². The third-order valence-electron chi connectivity index (χ3n) is 5.57. The molecule has 1 aliphatic heterocycles. The number of carbonyl (C=O) groups is 1. The van der Waals surface area contributed by atoms with Crippen LogP contribution in [0, 0.1) is 5.82 Å². The zero-order chi connectivity index (χ0) is 23.9. The number of halogens is 1. The molecule has 0 spiro atoms. The molecule has 0 aliphatic carbocycles. The Bertz CT molecular complexity index is 1080. The highest BCUT2D eigenvalue weighted by Gasteiger charge is 2.22. The number of amides is 1. The molecule has 1 atom stereocenters. The van der Waals surface area contributed by atoms with E-state index in [1.165, 1.54) is 23.9 Å². The second-order valence-corrected chi connectivity index (χ2v) is 9.20. The number of aromatic nitrogens is 3. The van der Waals surface area contributed by atoms with E-state index in [-0.39, 0.29) is 11.7 Å². The van der Waals surface area contributed by atoms with Gasteiger partial charge >= 0.3 is 0 Å². The zero-order valence-electron chi connectivity index (χ0n) is 19.2. The van der Waals surface area contributed by atoms with E-state index in [1.807, 2.05) is 11.5 Å². The van der Waals surface area contributed by atoms with Crippen LogP contribution in [0.1, 0.15) is 6.92 Å². The molecular formula is C24H28FN5O3S. The summed E-state index contributed by atoms with van der Waals surface area (Å²) in [4.78, 5) is 15.1. The van der Waals surface area contributed by atoms with Crippen LogP contribution in [0.5, 0.6) is 5.75 Å². The monoisotopic (exact) mass is 485 g/mol. The molecule has 0 saturated carbocycles. The molecule has 2 aromatic carbocycles. The van der Waals surface area contributed by atoms with Crippen molar-refractivity contribution in [1.29, 1.82) is 0 Å². The Labute approximate surface area is 202 Å². The van der Waals surface area contributed by atoms with Gasteiger partial charge < -0.3 is 19.4 Å². The van der Waals surface area contributed by atoms with E-state index in [1.54, 1.807) is 43.5 Å². The van der Waals surface area contributed by atoms with E-state index in [4.69, 9.17) is 9.47 Å². The summed E-state index contributed by atoms with van der Waals surface area (Å²) in [6, 6.07) is 13.4. The van der Waals surface area contributed by atoms with Crippen LogP contribution in [0.3, 0.4) is 0 Å². The average Bonchev–Trinajstić information content (AvgIpc) is 3.26. The smallest absolute Gasteiger partial charge is 0.237 e. The minimum absolute atomic E-state index is 0.138. The van der Waals surface area contributed by atoms with Gasteiger partial charge in [-0.3, -0.25) is 9.69 Å². The molecule has 1 aromatic heterocycles. The largest absolute Gasteiger partial charge is 0.497 e. The fourth-order valence-electron chi connectivity index (χ4n) is 3.59. The van der Waals surface area contributed by atoms with Crippen molar-refractivity contribution in [2.75, 3.05) is 45.3 Å². The maximum Gasteiger partial charge on any atom is 0.237 e. The van der Waals surface area contributed by atoms with Crippen molar-refractivity contribution in [3.8, 4) is 17.1 Å². The summed E-state index contributed by atoms with van der Waals surface area (Å²) < 4.78 is 26.1. The standard InChI is InChI=1S/C24H28FN5O3S/c1-17(23(31)26-20-7-9-21(32-2)10-8-20)34-24-28-27-22(18-3-5-19(25)6-4-18)30(24)12-11-29-13-15-33-16-14-29/h3-10,17H,11-16H2,1-2H3,(H,26,31). The quantitative estimate of drug-likeness (QED) is 0.464. The molecule has 34 heavy (non-hydrogen) atoms. The lowest BCUT2D eigenvalue weighted by molar-refractivity contribution is -0.115. The SMILES string of the molecule is COc1ccc(NC(=O)C(C)Sc2nnc(-c3ccc(F)cc3)n2CCN2CCOCC2)cc1. The lowest BCUT2D eigenvalue weighted by Gasteiger charge is -2.27. The normalized spacial score (nSPS) is 15.1. The maximum atomic E-state index is 13.5. The van der Waals surface area contributed by atoms with Crippen LogP contribution >= 0.6 is 11.8 Å². The molecule has 0 radical (unpaired) electrons. The van der Waals surface area contributed by atoms with Crippen LogP contribution in [0.15, 0.2) is 53.7 Å². The molecule has 4 rings (SSSR count). The Kier molecular flexibility index (Phi) is 8.15. The first-order valence-electron chi connectivity index (χ1n) is 11.1. The zero-order valence-corrected chi connectivity index (χ0v) is 20.1. The Morgan fingerprint density at radius 3 is 2.50 bits per heavy atom. The number of hydrogen-bond donors (Lipinski definition) is 1. The molecule has 1 unspecified atom stereocenters. The summed E-state index contributed by atoms with van der Waals surface area (Å²) in [5.74, 6) is 0.934. The van der Waals surface area contributed by atoms with Crippen molar-refractivity contribution >= 4 is 23.4 Å². The van der Waals surface area contributed by atoms with Crippen LogP contribution in [0.25, 0.3) is 11.4 Å². The summed E-state index contributed by atoms with van der Waals surface area (Å²) in [5.41, 5.74) is 1.47. The van der Waals surface area contributed by atoms with E-state index in [0.29, 0.717) is 23.2 Å². The van der Waals surface area contributed by atoms with Gasteiger partial charge in [-0.15, -0.1) is 10.2 Å². The number of hydrogen-bond acceptors (Lipinski definition) is 7. The van der Waals surface area contributed by atoms with Gasteiger partial charge in [-0.25, -0.2) is 4.39 Å². The number of benzene rings is 2. The number of rotatable bonds is 9. The van der Waals surface area contributed by atoms with Crippen LogP contribution in [-0.2, 0) is 16.1 Å². The van der Waals surface area contributed by atoms with Gasteiger partial charge in [-0.2, -0.15) is 0 Å². The van der Waals surface area contributed by atoms with E-state index in [2.05, 4.69) is 20.4 Å². The molecule has 8 nitrogen and oxygen atoms in total. The minimum Gasteiger partial charge on any atom is -0.497 e. The molecule has 2 heterocycles. The second kappa shape index (κ2) is 11.5. The summed E-state index contributed by atoms with van der Waals surface area (Å²) in [5, 5.41) is 11.9. The van der Waals surface area contributed by atoms with Crippen LogP contribution in [0.4, 0.5) is 10.1 Å². The van der Waals surface area contributed by atoms with Crippen molar-refractivity contribution in [1.82, 2.24) is 19.7 Å². The lowest BCUT2D eigenvalue weighted by Crippen LogP contribution is -2.38. The molecule has 10 heteroatoms. The van der Waals surface area contributed by atoms with Gasteiger partial charge in [0.15, 0.2) is 11.0 Å². The Morgan fingerprint density at radius 2 is 1.82 bits per heavy atom. The predicted molar refractivity (Wildman–Crippen MR) is 130 cm³/mol. The molecule has 1 fully saturated rings. The average molecular weight is 486 g/mol. The molecule has 180 valence electrons. The van der Waals surface area contributed by atoms with E-state index < -0.39 is 5.25 Å². The number of nitrogens with one attached hydrogen (secondary N) is 1. The number of morpholine rings is 1. The molecular weight excluding hydrogens is 457 g/mol. The number of thioether (sulfide) groups is 1. The van der Waals surface area contributed by atoms with Crippen molar-refractivity contribution in [3.63, 3.8) is 0 Å². The second-order valence-electron chi connectivity index (χ2n) is 7.90. The van der Waals surface area contributed by atoms with Crippen molar-refractivity contribution in [3.05, 3.63) is 54.3 Å². The fraction of sp³-hybridized carbons (Fsp3) is 0.375. The number of methoxy groups -OCH3 is 1. The Morgan fingerprint density at radius 1 is 1.12 bits per heavy atom. The third-order valence-corrected chi connectivity index (χ3v) is 6.65. The molecule has 1 amide bonds. The van der Waals surface area contributed by atoms with E-state index in [9.17, 15) is 9.18 Å². The first kappa shape index (κ1) is 24.2. The van der Waals surface area contributed by atoms with Gasteiger partial charge in [0.25, 0.3) is 0 Å². The maximum absolute atomic E-state index is 13.5. The lowest BCUT2D eigenvalue weighted by atomic mass is 10.2. The van der Waals surface area contributed by atoms with Gasteiger partial charge in [-0.1, -0.05) is 11.8 Å². The highest BCUT2D eigenvalue weighted by molar-refractivity contribution is 8.00. The Balaban J connectivity index is 1.49. The molecule has 0 bridgehead atoms. The van der Waals surface area contributed by atoms with E-state index >= 15 is 0 Å².